The van der Waals surface area contributed by atoms with Gasteiger partial charge in [0.15, 0.2) is 5.41 Å². The first-order chi connectivity index (χ1) is 11.5. The maximum atomic E-state index is 12.3. The van der Waals surface area contributed by atoms with E-state index in [1.165, 1.54) is 17.7 Å². The molecule has 1 unspecified atom stereocenters. The number of rotatable bonds is 4. The first kappa shape index (κ1) is 16.0. The number of carbonyl (C=O) groups is 2. The number of aromatic nitrogens is 1. The van der Waals surface area contributed by atoms with Gasteiger partial charge in [0.2, 0.25) is 0 Å². The standard InChI is InChI=1S/C18H17NO5/c1-24-17(23)18(16(21)22)8-13-7-15(20)19(11-14(13)9-18)10-12-5-3-2-4-6-12/h2-7,11H,8-10H2,1H3,(H,21,22). The van der Waals surface area contributed by atoms with Gasteiger partial charge in [-0.1, -0.05) is 30.3 Å². The predicted octanol–water partition coefficient (Wildman–Crippen LogP) is 1.24. The lowest BCUT2D eigenvalue weighted by Gasteiger charge is -2.20. The molecule has 3 rings (SSSR count). The van der Waals surface area contributed by atoms with E-state index in [2.05, 4.69) is 4.74 Å². The number of methoxy groups -OCH3 is 1. The molecule has 0 amide bonds. The summed E-state index contributed by atoms with van der Waals surface area (Å²) in [4.78, 5) is 36.0. The molecule has 0 saturated heterocycles. The van der Waals surface area contributed by atoms with Gasteiger partial charge in [-0.25, -0.2) is 0 Å². The summed E-state index contributed by atoms with van der Waals surface area (Å²) in [6.07, 6.45) is 1.66. The lowest BCUT2D eigenvalue weighted by atomic mass is 9.85. The molecule has 0 spiro atoms. The molecule has 1 aliphatic rings. The third-order valence-corrected chi connectivity index (χ3v) is 4.47. The lowest BCUT2D eigenvalue weighted by Crippen LogP contribution is -2.41. The van der Waals surface area contributed by atoms with Crippen LogP contribution in [-0.4, -0.2) is 28.7 Å². The summed E-state index contributed by atoms with van der Waals surface area (Å²) >= 11 is 0. The highest BCUT2D eigenvalue weighted by molar-refractivity contribution is 6.00. The van der Waals surface area contributed by atoms with Gasteiger partial charge < -0.3 is 14.4 Å². The van der Waals surface area contributed by atoms with E-state index in [9.17, 15) is 19.5 Å². The summed E-state index contributed by atoms with van der Waals surface area (Å²) in [6.45, 7) is 0.394. The Bertz CT molecular complexity index is 855. The number of aliphatic carboxylic acids is 1. The molecule has 2 aromatic rings. The topological polar surface area (TPSA) is 85.6 Å². The number of benzene rings is 1. The summed E-state index contributed by atoms with van der Waals surface area (Å²) in [5.74, 6) is -2.01. The van der Waals surface area contributed by atoms with Gasteiger partial charge in [-0.05, 0) is 16.7 Å². The van der Waals surface area contributed by atoms with Crippen molar-refractivity contribution in [1.29, 1.82) is 0 Å². The average molecular weight is 327 g/mol. The first-order valence-electron chi connectivity index (χ1n) is 7.54. The van der Waals surface area contributed by atoms with Crippen LogP contribution in [0.4, 0.5) is 0 Å². The van der Waals surface area contributed by atoms with Crippen LogP contribution in [0.1, 0.15) is 16.7 Å². The highest BCUT2D eigenvalue weighted by atomic mass is 16.5. The second-order valence-electron chi connectivity index (χ2n) is 6.01. The Kier molecular flexibility index (Phi) is 3.97. The van der Waals surface area contributed by atoms with E-state index in [0.29, 0.717) is 17.7 Å². The Hall–Kier alpha value is -2.89. The summed E-state index contributed by atoms with van der Waals surface area (Å²) < 4.78 is 6.21. The molecule has 0 bridgehead atoms. The van der Waals surface area contributed by atoms with Gasteiger partial charge in [-0.2, -0.15) is 0 Å². The zero-order valence-electron chi connectivity index (χ0n) is 13.2. The fourth-order valence-electron chi connectivity index (χ4n) is 3.18. The molecule has 1 aliphatic carbocycles. The van der Waals surface area contributed by atoms with Gasteiger partial charge >= 0.3 is 11.9 Å². The molecule has 1 N–H and O–H groups in total. The molecule has 6 nitrogen and oxygen atoms in total. The minimum Gasteiger partial charge on any atom is -0.480 e. The van der Waals surface area contributed by atoms with Crippen LogP contribution in [0.25, 0.3) is 0 Å². The number of ether oxygens (including phenoxy) is 1. The summed E-state index contributed by atoms with van der Waals surface area (Å²) in [6, 6.07) is 10.9. The summed E-state index contributed by atoms with van der Waals surface area (Å²) in [5, 5.41) is 9.53. The molecule has 0 saturated carbocycles. The molecule has 1 atom stereocenters. The number of carbonyl (C=O) groups excluding carboxylic acids is 1. The normalized spacial score (nSPS) is 18.9. The second kappa shape index (κ2) is 5.96. The van der Waals surface area contributed by atoms with Crippen molar-refractivity contribution in [3.63, 3.8) is 0 Å². The van der Waals surface area contributed by atoms with Crippen molar-refractivity contribution in [2.75, 3.05) is 7.11 Å². The third kappa shape index (κ3) is 2.60. The van der Waals surface area contributed by atoms with Crippen molar-refractivity contribution in [1.82, 2.24) is 4.57 Å². The van der Waals surface area contributed by atoms with Crippen LogP contribution < -0.4 is 5.56 Å². The fraction of sp³-hybridized carbons (Fsp3) is 0.278. The molecule has 0 fully saturated rings. The number of hydrogen-bond acceptors (Lipinski definition) is 4. The van der Waals surface area contributed by atoms with Crippen molar-refractivity contribution < 1.29 is 19.4 Å². The number of pyridine rings is 1. The van der Waals surface area contributed by atoms with E-state index in [-0.39, 0.29) is 18.4 Å². The highest BCUT2D eigenvalue weighted by Crippen LogP contribution is 2.37. The van der Waals surface area contributed by atoms with Gasteiger partial charge in [0, 0.05) is 25.1 Å². The Morgan fingerprint density at radius 3 is 2.50 bits per heavy atom. The Labute approximate surface area is 138 Å². The van der Waals surface area contributed by atoms with E-state index in [4.69, 9.17) is 0 Å². The van der Waals surface area contributed by atoms with E-state index in [1.807, 2.05) is 30.3 Å². The summed E-state index contributed by atoms with van der Waals surface area (Å²) in [5.41, 5.74) is 0.393. The van der Waals surface area contributed by atoms with Crippen molar-refractivity contribution in [3.8, 4) is 0 Å². The minimum absolute atomic E-state index is 0.0221. The zero-order valence-corrected chi connectivity index (χ0v) is 13.2. The average Bonchev–Trinajstić information content (AvgIpc) is 2.95. The Morgan fingerprint density at radius 1 is 1.21 bits per heavy atom. The SMILES string of the molecule is COC(=O)C1(C(=O)O)Cc2cc(=O)n(Cc3ccccc3)cc2C1. The predicted molar refractivity (Wildman–Crippen MR) is 85.7 cm³/mol. The van der Waals surface area contributed by atoms with Crippen molar-refractivity contribution in [2.24, 2.45) is 5.41 Å². The van der Waals surface area contributed by atoms with E-state index >= 15 is 0 Å². The number of fused-ring (bicyclic) bond motifs is 1. The number of esters is 1. The number of carboxylic acid groups (broad SMARTS) is 1. The number of nitrogens with zero attached hydrogens (tertiary/aromatic N) is 1. The third-order valence-electron chi connectivity index (χ3n) is 4.47. The van der Waals surface area contributed by atoms with Gasteiger partial charge in [0.25, 0.3) is 5.56 Å². The summed E-state index contributed by atoms with van der Waals surface area (Å²) in [7, 11) is 1.17. The Morgan fingerprint density at radius 2 is 1.88 bits per heavy atom. The van der Waals surface area contributed by atoms with Crippen LogP contribution in [0, 0.1) is 5.41 Å². The molecule has 1 aromatic heterocycles. The zero-order chi connectivity index (χ0) is 17.3. The van der Waals surface area contributed by atoms with Crippen molar-refractivity contribution >= 4 is 11.9 Å². The van der Waals surface area contributed by atoms with E-state index in [1.54, 1.807) is 6.20 Å². The van der Waals surface area contributed by atoms with Gasteiger partial charge in [-0.15, -0.1) is 0 Å². The second-order valence-corrected chi connectivity index (χ2v) is 6.01. The van der Waals surface area contributed by atoms with E-state index in [0.717, 1.165) is 5.56 Å². The lowest BCUT2D eigenvalue weighted by molar-refractivity contribution is -0.166. The molecular formula is C18H17NO5. The van der Waals surface area contributed by atoms with Crippen LogP contribution in [0.3, 0.4) is 0 Å². The Balaban J connectivity index is 1.97. The number of carboxylic acids is 1. The minimum atomic E-state index is -1.64. The smallest absolute Gasteiger partial charge is 0.323 e. The van der Waals surface area contributed by atoms with Gasteiger partial charge in [-0.3, -0.25) is 14.4 Å². The maximum Gasteiger partial charge on any atom is 0.323 e. The molecule has 0 radical (unpaired) electrons. The van der Waals surface area contributed by atoms with E-state index < -0.39 is 17.4 Å². The molecule has 1 heterocycles. The van der Waals surface area contributed by atoms with Crippen molar-refractivity contribution in [3.05, 3.63) is 69.6 Å². The van der Waals surface area contributed by atoms with Crippen LogP contribution in [-0.2, 0) is 33.7 Å². The van der Waals surface area contributed by atoms with Crippen LogP contribution in [0.2, 0.25) is 0 Å². The van der Waals surface area contributed by atoms with Gasteiger partial charge in [0.1, 0.15) is 0 Å². The monoisotopic (exact) mass is 327 g/mol. The van der Waals surface area contributed by atoms with Crippen LogP contribution in [0.5, 0.6) is 0 Å². The number of hydrogen-bond donors (Lipinski definition) is 1. The maximum absolute atomic E-state index is 12.3. The molecule has 0 aliphatic heterocycles. The largest absolute Gasteiger partial charge is 0.480 e. The first-order valence-corrected chi connectivity index (χ1v) is 7.54. The molecule has 6 heteroatoms. The molecule has 24 heavy (non-hydrogen) atoms. The van der Waals surface area contributed by atoms with Crippen LogP contribution >= 0.6 is 0 Å². The van der Waals surface area contributed by atoms with Crippen molar-refractivity contribution in [2.45, 2.75) is 19.4 Å². The molecular weight excluding hydrogens is 310 g/mol. The highest BCUT2D eigenvalue weighted by Gasteiger charge is 2.52. The fourth-order valence-corrected chi connectivity index (χ4v) is 3.18. The quantitative estimate of drug-likeness (QED) is 0.674. The van der Waals surface area contributed by atoms with Crippen LogP contribution in [0.15, 0.2) is 47.4 Å². The molecule has 1 aromatic carbocycles. The molecule has 124 valence electrons. The van der Waals surface area contributed by atoms with Gasteiger partial charge in [0.05, 0.1) is 13.7 Å².